The maximum Gasteiger partial charge on any atom is 0.262 e. The number of carbonyl (C=O) groups excluding carboxylic acids is 1. The monoisotopic (exact) mass is 358 g/mol. The van der Waals surface area contributed by atoms with Crippen LogP contribution in [0.25, 0.3) is 11.0 Å². The molecule has 10 heteroatoms. The van der Waals surface area contributed by atoms with E-state index >= 15 is 0 Å². The van der Waals surface area contributed by atoms with Crippen LogP contribution in [-0.2, 0) is 4.79 Å². The van der Waals surface area contributed by atoms with E-state index in [1.807, 2.05) is 0 Å². The van der Waals surface area contributed by atoms with Gasteiger partial charge in [-0.15, -0.1) is 0 Å². The van der Waals surface area contributed by atoms with Crippen molar-refractivity contribution in [1.82, 2.24) is 20.2 Å². The van der Waals surface area contributed by atoms with Crippen LogP contribution >= 0.6 is 11.8 Å². The van der Waals surface area contributed by atoms with Gasteiger partial charge in [0.05, 0.1) is 17.7 Å². The van der Waals surface area contributed by atoms with Crippen molar-refractivity contribution < 1.29 is 10.0 Å². The van der Waals surface area contributed by atoms with Crippen molar-refractivity contribution in [3.05, 3.63) is 46.4 Å². The first-order valence-electron chi connectivity index (χ1n) is 7.22. The number of nitrogens with zero attached hydrogens (tertiary/aromatic N) is 3. The molecule has 0 spiro atoms. The third-order valence-electron chi connectivity index (χ3n) is 3.37. The van der Waals surface area contributed by atoms with Gasteiger partial charge in [0.25, 0.3) is 5.56 Å². The number of thioether (sulfide) groups is 1. The van der Waals surface area contributed by atoms with E-state index in [1.165, 1.54) is 6.20 Å². The molecule has 0 aliphatic heterocycles. The predicted molar refractivity (Wildman–Crippen MR) is 94.3 cm³/mol. The molecule has 1 aromatic carbocycles. The number of rotatable bonds is 5. The van der Waals surface area contributed by atoms with Crippen LogP contribution in [0.5, 0.6) is 0 Å². The van der Waals surface area contributed by atoms with Crippen molar-refractivity contribution in [1.29, 1.82) is 0 Å². The number of aromatic nitrogens is 4. The van der Waals surface area contributed by atoms with Gasteiger partial charge in [0.2, 0.25) is 5.91 Å². The van der Waals surface area contributed by atoms with Gasteiger partial charge in [-0.05, 0) is 24.6 Å². The number of hydrogen-bond acceptors (Lipinski definition) is 7. The molecule has 0 bridgehead atoms. The van der Waals surface area contributed by atoms with Crippen molar-refractivity contribution >= 4 is 40.1 Å². The second-order valence-electron chi connectivity index (χ2n) is 5.10. The van der Waals surface area contributed by atoms with Gasteiger partial charge in [-0.3, -0.25) is 14.7 Å². The Morgan fingerprint density at radius 3 is 2.84 bits per heavy atom. The van der Waals surface area contributed by atoms with Gasteiger partial charge in [0.1, 0.15) is 5.39 Å². The van der Waals surface area contributed by atoms with E-state index in [4.69, 9.17) is 5.21 Å². The third kappa shape index (κ3) is 3.86. The number of carbonyl (C=O) groups is 1. The minimum absolute atomic E-state index is 0.0848. The second kappa shape index (κ2) is 7.18. The van der Waals surface area contributed by atoms with Crippen LogP contribution in [0, 0.1) is 0 Å². The molecular weight excluding hydrogens is 344 g/mol. The Morgan fingerprint density at radius 1 is 1.36 bits per heavy atom. The number of hydrogen-bond donors (Lipinski definition) is 4. The Balaban J connectivity index is 1.61. The number of amides is 1. The molecule has 0 fully saturated rings. The van der Waals surface area contributed by atoms with Gasteiger partial charge >= 0.3 is 0 Å². The fourth-order valence-corrected chi connectivity index (χ4v) is 2.74. The fraction of sp³-hybridized carbons (Fsp3) is 0.133. The summed E-state index contributed by atoms with van der Waals surface area (Å²) in [4.78, 5) is 30.6. The number of H-pyrrole nitrogens is 2. The third-order valence-corrected chi connectivity index (χ3v) is 4.25. The first kappa shape index (κ1) is 16.7. The van der Waals surface area contributed by atoms with Gasteiger partial charge in [0.15, 0.2) is 10.8 Å². The highest BCUT2D eigenvalue weighted by molar-refractivity contribution is 7.99. The maximum atomic E-state index is 12.0. The lowest BCUT2D eigenvalue weighted by Gasteiger charge is -2.06. The molecule has 9 nitrogen and oxygen atoms in total. The number of oxime groups is 1. The summed E-state index contributed by atoms with van der Waals surface area (Å²) < 4.78 is 0. The second-order valence-corrected chi connectivity index (χ2v) is 6.07. The number of aromatic amines is 2. The molecule has 0 aliphatic rings. The van der Waals surface area contributed by atoms with Gasteiger partial charge < -0.3 is 15.5 Å². The molecular formula is C15H14N6O3S. The lowest BCUT2D eigenvalue weighted by atomic mass is 10.1. The zero-order valence-corrected chi connectivity index (χ0v) is 13.9. The zero-order chi connectivity index (χ0) is 17.8. The van der Waals surface area contributed by atoms with Gasteiger partial charge in [-0.25, -0.2) is 4.98 Å². The zero-order valence-electron chi connectivity index (χ0n) is 13.1. The molecule has 0 atom stereocenters. The van der Waals surface area contributed by atoms with E-state index in [2.05, 4.69) is 30.6 Å². The summed E-state index contributed by atoms with van der Waals surface area (Å²) in [7, 11) is 0. The summed E-state index contributed by atoms with van der Waals surface area (Å²) in [6, 6.07) is 6.90. The Labute approximate surface area is 145 Å². The first-order chi connectivity index (χ1) is 12.1. The maximum absolute atomic E-state index is 12.0. The van der Waals surface area contributed by atoms with E-state index < -0.39 is 0 Å². The van der Waals surface area contributed by atoms with Gasteiger partial charge in [-0.2, -0.15) is 5.10 Å². The van der Waals surface area contributed by atoms with Crippen LogP contribution in [-0.4, -0.2) is 42.7 Å². The molecule has 2 heterocycles. The van der Waals surface area contributed by atoms with E-state index in [0.29, 0.717) is 27.6 Å². The molecule has 0 radical (unpaired) electrons. The molecule has 4 N–H and O–H groups in total. The number of fused-ring (bicyclic) bond motifs is 1. The van der Waals surface area contributed by atoms with Crippen LogP contribution in [0.4, 0.5) is 5.69 Å². The number of anilines is 1. The number of benzene rings is 1. The fourth-order valence-electron chi connectivity index (χ4n) is 2.08. The molecule has 2 aromatic heterocycles. The predicted octanol–water partition coefficient (Wildman–Crippen LogP) is 1.58. The Hall–Kier alpha value is -3.14. The van der Waals surface area contributed by atoms with E-state index in [9.17, 15) is 9.59 Å². The molecule has 0 aliphatic carbocycles. The van der Waals surface area contributed by atoms with Crippen LogP contribution in [0.2, 0.25) is 0 Å². The van der Waals surface area contributed by atoms with E-state index in [1.54, 1.807) is 31.2 Å². The SMILES string of the molecule is C/C(=N\O)c1ccc(NC(=O)CSc2nc3[nH]ncc3c(=O)[nH]2)cc1. The summed E-state index contributed by atoms with van der Waals surface area (Å²) in [5.41, 5.74) is 1.93. The highest BCUT2D eigenvalue weighted by Gasteiger charge is 2.09. The highest BCUT2D eigenvalue weighted by atomic mass is 32.2. The van der Waals surface area contributed by atoms with Crippen molar-refractivity contribution in [2.45, 2.75) is 12.1 Å². The van der Waals surface area contributed by atoms with Crippen LogP contribution < -0.4 is 10.9 Å². The van der Waals surface area contributed by atoms with Crippen LogP contribution in [0.3, 0.4) is 0 Å². The summed E-state index contributed by atoms with van der Waals surface area (Å²) in [5, 5.41) is 21.7. The van der Waals surface area contributed by atoms with Crippen molar-refractivity contribution in [2.75, 3.05) is 11.1 Å². The van der Waals surface area contributed by atoms with Crippen LogP contribution in [0.1, 0.15) is 12.5 Å². The molecule has 0 unspecified atom stereocenters. The van der Waals surface area contributed by atoms with E-state index in [0.717, 1.165) is 17.3 Å². The van der Waals surface area contributed by atoms with E-state index in [-0.39, 0.29) is 17.2 Å². The molecule has 3 rings (SSSR count). The average Bonchev–Trinajstić information content (AvgIpc) is 3.09. The average molecular weight is 358 g/mol. The quantitative estimate of drug-likeness (QED) is 0.180. The van der Waals surface area contributed by atoms with Gasteiger partial charge in [-0.1, -0.05) is 29.1 Å². The molecule has 25 heavy (non-hydrogen) atoms. The van der Waals surface area contributed by atoms with Crippen molar-refractivity contribution in [2.24, 2.45) is 5.16 Å². The molecule has 1 amide bonds. The lowest BCUT2D eigenvalue weighted by Crippen LogP contribution is -2.15. The Kier molecular flexibility index (Phi) is 4.80. The summed E-state index contributed by atoms with van der Waals surface area (Å²) in [6.07, 6.45) is 1.40. The molecule has 0 saturated carbocycles. The smallest absolute Gasteiger partial charge is 0.262 e. The Bertz CT molecular complexity index is 992. The summed E-state index contributed by atoms with van der Waals surface area (Å²) in [6.45, 7) is 1.68. The minimum Gasteiger partial charge on any atom is -0.411 e. The highest BCUT2D eigenvalue weighted by Crippen LogP contribution is 2.15. The van der Waals surface area contributed by atoms with Crippen molar-refractivity contribution in [3.63, 3.8) is 0 Å². The summed E-state index contributed by atoms with van der Waals surface area (Å²) in [5.74, 6) is -0.154. The molecule has 3 aromatic rings. The normalized spacial score (nSPS) is 11.6. The minimum atomic E-state index is -0.307. The van der Waals surface area contributed by atoms with Crippen LogP contribution in [0.15, 0.2) is 45.6 Å². The molecule has 128 valence electrons. The molecule has 0 saturated heterocycles. The van der Waals surface area contributed by atoms with Gasteiger partial charge in [0, 0.05) is 5.69 Å². The largest absolute Gasteiger partial charge is 0.411 e. The number of nitrogens with one attached hydrogen (secondary N) is 3. The Morgan fingerprint density at radius 2 is 2.12 bits per heavy atom. The summed E-state index contributed by atoms with van der Waals surface area (Å²) >= 11 is 1.11. The first-order valence-corrected chi connectivity index (χ1v) is 8.20. The topological polar surface area (TPSA) is 136 Å². The standard InChI is InChI=1S/C15H14N6O3S/c1-8(21-24)9-2-4-10(5-3-9)17-12(22)7-25-15-18-13-11(6-16-20-13)14(23)19-15/h2-6,24H,7H2,1H3,(H,17,22)(H2,16,18,19,20,23)/b21-8+. The lowest BCUT2D eigenvalue weighted by molar-refractivity contribution is -0.113. The van der Waals surface area contributed by atoms with Crippen molar-refractivity contribution in [3.8, 4) is 0 Å².